The van der Waals surface area contributed by atoms with Crippen LogP contribution in [0.15, 0.2) is 4.60 Å². The minimum atomic E-state index is -2.83. The van der Waals surface area contributed by atoms with E-state index in [0.29, 0.717) is 11.5 Å². The fourth-order valence-electron chi connectivity index (χ4n) is 2.71. The number of nitrogens with zero attached hydrogens (tertiary/aromatic N) is 3. The van der Waals surface area contributed by atoms with Gasteiger partial charge >= 0.3 is 0 Å². The van der Waals surface area contributed by atoms with E-state index < -0.39 is 9.84 Å². The summed E-state index contributed by atoms with van der Waals surface area (Å²) in [5, 5.41) is 11.5. The van der Waals surface area contributed by atoms with Gasteiger partial charge in [-0.25, -0.2) is 13.1 Å². The predicted octanol–water partition coefficient (Wildman–Crippen LogP) is 1.44. The monoisotopic (exact) mass is 364 g/mol. The number of halogens is 1. The number of hydrogen-bond donors (Lipinski definition) is 1. The quantitative estimate of drug-likeness (QED) is 0.826. The summed E-state index contributed by atoms with van der Waals surface area (Å²) in [6.07, 6.45) is 2.59. The summed E-state index contributed by atoms with van der Waals surface area (Å²) in [6, 6.07) is 0.0858. The lowest BCUT2D eigenvalue weighted by atomic mass is 9.97. The minimum absolute atomic E-state index is 0.0858. The van der Waals surface area contributed by atoms with E-state index in [-0.39, 0.29) is 12.0 Å². The number of aryl methyl sites for hydroxylation is 1. The van der Waals surface area contributed by atoms with Gasteiger partial charge in [0.15, 0.2) is 14.4 Å². The maximum absolute atomic E-state index is 11.6. The summed E-state index contributed by atoms with van der Waals surface area (Å²) in [7, 11) is -0.968. The van der Waals surface area contributed by atoms with E-state index in [1.807, 2.05) is 7.05 Å². The standard InChI is InChI=1S/C12H21BrN4O2S/c1-3-5-14-10(11-12(13)15-16-17(11)2)7-9-4-6-20(18,19)8-9/h9-10,14H,3-8H2,1-2H3. The fraction of sp³-hybridized carbons (Fsp3) is 0.833. The van der Waals surface area contributed by atoms with Crippen LogP contribution in [0.1, 0.15) is 37.9 Å². The third kappa shape index (κ3) is 3.79. The Morgan fingerprint density at radius 2 is 2.30 bits per heavy atom. The Balaban J connectivity index is 2.12. The molecular formula is C12H21BrN4O2S. The zero-order valence-corrected chi connectivity index (χ0v) is 14.2. The normalized spacial score (nSPS) is 23.1. The van der Waals surface area contributed by atoms with Gasteiger partial charge in [0.25, 0.3) is 0 Å². The average Bonchev–Trinajstić information content (AvgIpc) is 2.88. The Kier molecular flexibility index (Phi) is 5.19. The fourth-order valence-corrected chi connectivity index (χ4v) is 5.19. The average molecular weight is 365 g/mol. The highest BCUT2D eigenvalue weighted by molar-refractivity contribution is 9.10. The summed E-state index contributed by atoms with van der Waals surface area (Å²) in [5.74, 6) is 0.847. The molecule has 0 spiro atoms. The van der Waals surface area contributed by atoms with Crippen molar-refractivity contribution in [2.75, 3.05) is 18.1 Å². The molecule has 2 unspecified atom stereocenters. The molecule has 8 heteroatoms. The van der Waals surface area contributed by atoms with E-state index in [4.69, 9.17) is 0 Å². The summed E-state index contributed by atoms with van der Waals surface area (Å²) in [5.41, 5.74) is 0.989. The van der Waals surface area contributed by atoms with Gasteiger partial charge in [0, 0.05) is 7.05 Å². The summed E-state index contributed by atoms with van der Waals surface area (Å²) >= 11 is 3.43. The second-order valence-corrected chi connectivity index (χ2v) is 8.38. The van der Waals surface area contributed by atoms with Gasteiger partial charge < -0.3 is 5.32 Å². The molecule has 2 rings (SSSR count). The van der Waals surface area contributed by atoms with Crippen molar-refractivity contribution in [3.05, 3.63) is 10.3 Å². The van der Waals surface area contributed by atoms with Crippen molar-refractivity contribution in [2.24, 2.45) is 13.0 Å². The highest BCUT2D eigenvalue weighted by Crippen LogP contribution is 2.31. The molecule has 0 saturated carbocycles. The number of nitrogens with one attached hydrogen (secondary N) is 1. The Labute approximate surface area is 128 Å². The second kappa shape index (κ2) is 6.53. The summed E-state index contributed by atoms with van der Waals surface area (Å²) in [6.45, 7) is 3.00. The minimum Gasteiger partial charge on any atom is -0.309 e. The predicted molar refractivity (Wildman–Crippen MR) is 81.1 cm³/mol. The van der Waals surface area contributed by atoms with Crippen molar-refractivity contribution in [3.63, 3.8) is 0 Å². The van der Waals surface area contributed by atoms with Crippen LogP contribution in [0, 0.1) is 5.92 Å². The molecule has 1 aliphatic rings. The van der Waals surface area contributed by atoms with Crippen LogP contribution in [0.3, 0.4) is 0 Å². The highest BCUT2D eigenvalue weighted by atomic mass is 79.9. The van der Waals surface area contributed by atoms with Crippen LogP contribution >= 0.6 is 15.9 Å². The topological polar surface area (TPSA) is 76.9 Å². The Morgan fingerprint density at radius 3 is 2.80 bits per heavy atom. The molecule has 0 bridgehead atoms. The summed E-state index contributed by atoms with van der Waals surface area (Å²) < 4.78 is 25.7. The van der Waals surface area contributed by atoms with Gasteiger partial charge in [-0.3, -0.25) is 0 Å². The molecule has 1 aliphatic heterocycles. The molecule has 1 saturated heterocycles. The van der Waals surface area contributed by atoms with Crippen LogP contribution in [0.2, 0.25) is 0 Å². The third-order valence-electron chi connectivity index (χ3n) is 3.69. The Hall–Kier alpha value is -0.470. The van der Waals surface area contributed by atoms with Gasteiger partial charge in [0.1, 0.15) is 0 Å². The van der Waals surface area contributed by atoms with Gasteiger partial charge in [0.2, 0.25) is 0 Å². The van der Waals surface area contributed by atoms with E-state index in [1.54, 1.807) is 4.68 Å². The molecule has 0 aliphatic carbocycles. The van der Waals surface area contributed by atoms with E-state index in [9.17, 15) is 8.42 Å². The van der Waals surface area contributed by atoms with Crippen LogP contribution in [-0.2, 0) is 16.9 Å². The molecule has 0 amide bonds. The molecule has 1 aromatic rings. The zero-order chi connectivity index (χ0) is 14.8. The Morgan fingerprint density at radius 1 is 1.55 bits per heavy atom. The zero-order valence-electron chi connectivity index (χ0n) is 11.8. The smallest absolute Gasteiger partial charge is 0.153 e. The van der Waals surface area contributed by atoms with Crippen molar-refractivity contribution in [2.45, 2.75) is 32.2 Å². The molecule has 1 N–H and O–H groups in total. The van der Waals surface area contributed by atoms with Crippen molar-refractivity contribution >= 4 is 25.8 Å². The van der Waals surface area contributed by atoms with E-state index in [0.717, 1.165) is 36.1 Å². The van der Waals surface area contributed by atoms with Crippen molar-refractivity contribution in [1.29, 1.82) is 0 Å². The number of sulfone groups is 1. The third-order valence-corrected chi connectivity index (χ3v) is 6.10. The largest absolute Gasteiger partial charge is 0.309 e. The van der Waals surface area contributed by atoms with Crippen molar-refractivity contribution in [3.8, 4) is 0 Å². The molecule has 20 heavy (non-hydrogen) atoms. The summed E-state index contributed by atoms with van der Waals surface area (Å²) in [4.78, 5) is 0. The molecule has 1 fully saturated rings. The molecule has 114 valence electrons. The number of hydrogen-bond acceptors (Lipinski definition) is 5. The lowest BCUT2D eigenvalue weighted by Crippen LogP contribution is -2.27. The SMILES string of the molecule is CCCNC(CC1CCS(=O)(=O)C1)c1c(Br)nnn1C. The molecular weight excluding hydrogens is 344 g/mol. The number of aromatic nitrogens is 3. The van der Waals surface area contributed by atoms with Gasteiger partial charge in [-0.05, 0) is 47.7 Å². The molecule has 2 atom stereocenters. The first-order chi connectivity index (χ1) is 9.43. The van der Waals surface area contributed by atoms with E-state index in [1.165, 1.54) is 0 Å². The van der Waals surface area contributed by atoms with Gasteiger partial charge in [-0.1, -0.05) is 12.1 Å². The first-order valence-corrected chi connectivity index (χ1v) is 9.53. The lowest BCUT2D eigenvalue weighted by Gasteiger charge is -2.21. The van der Waals surface area contributed by atoms with Crippen LogP contribution in [0.25, 0.3) is 0 Å². The highest BCUT2D eigenvalue weighted by Gasteiger charge is 2.31. The molecule has 6 nitrogen and oxygen atoms in total. The molecule has 0 radical (unpaired) electrons. The Bertz CT molecular complexity index is 538. The molecule has 0 aromatic carbocycles. The first kappa shape index (κ1) is 15.9. The molecule has 2 heterocycles. The van der Waals surface area contributed by atoms with Crippen LogP contribution in [-0.4, -0.2) is 41.5 Å². The van der Waals surface area contributed by atoms with E-state index >= 15 is 0 Å². The molecule has 1 aromatic heterocycles. The van der Waals surface area contributed by atoms with Crippen LogP contribution in [0.5, 0.6) is 0 Å². The maximum Gasteiger partial charge on any atom is 0.153 e. The lowest BCUT2D eigenvalue weighted by molar-refractivity contribution is 0.396. The second-order valence-electron chi connectivity index (χ2n) is 5.40. The van der Waals surface area contributed by atoms with Crippen LogP contribution < -0.4 is 5.32 Å². The van der Waals surface area contributed by atoms with Gasteiger partial charge in [-0.15, -0.1) is 5.10 Å². The van der Waals surface area contributed by atoms with Crippen molar-refractivity contribution in [1.82, 2.24) is 20.3 Å². The van der Waals surface area contributed by atoms with Crippen molar-refractivity contribution < 1.29 is 8.42 Å². The van der Waals surface area contributed by atoms with Gasteiger partial charge in [-0.2, -0.15) is 0 Å². The van der Waals surface area contributed by atoms with Gasteiger partial charge in [0.05, 0.1) is 23.2 Å². The maximum atomic E-state index is 11.6. The van der Waals surface area contributed by atoms with Crippen LogP contribution in [0.4, 0.5) is 0 Å². The number of rotatable bonds is 6. The first-order valence-electron chi connectivity index (χ1n) is 6.92. The van der Waals surface area contributed by atoms with E-state index in [2.05, 4.69) is 38.5 Å².